The van der Waals surface area contributed by atoms with E-state index in [0.29, 0.717) is 23.9 Å². The molecule has 5 heteroatoms. The second-order valence-corrected chi connectivity index (χ2v) is 5.38. The lowest BCUT2D eigenvalue weighted by atomic mass is 10.0. The molecule has 1 fully saturated rings. The van der Waals surface area contributed by atoms with Crippen LogP contribution in [0.5, 0.6) is 0 Å². The van der Waals surface area contributed by atoms with Crippen molar-refractivity contribution in [3.63, 3.8) is 0 Å². The molecule has 2 amide bonds. The first-order chi connectivity index (χ1) is 8.01. The first kappa shape index (κ1) is 14.2. The summed E-state index contributed by atoms with van der Waals surface area (Å²) in [5, 5.41) is 2.80. The maximum Gasteiger partial charge on any atom is 0.246 e. The fraction of sp³-hybridized carbons (Fsp3) is 0.667. The number of amides is 2. The zero-order valence-corrected chi connectivity index (χ0v) is 11.9. The summed E-state index contributed by atoms with van der Waals surface area (Å²) in [5.41, 5.74) is 0. The predicted molar refractivity (Wildman–Crippen MR) is 70.7 cm³/mol. The van der Waals surface area contributed by atoms with Gasteiger partial charge in [0.25, 0.3) is 0 Å². The van der Waals surface area contributed by atoms with Gasteiger partial charge in [-0.15, -0.1) is 0 Å². The predicted octanol–water partition coefficient (Wildman–Crippen LogP) is 1.80. The van der Waals surface area contributed by atoms with Gasteiger partial charge in [0.05, 0.1) is 6.54 Å². The lowest BCUT2D eigenvalue weighted by Crippen LogP contribution is -2.63. The highest BCUT2D eigenvalue weighted by Gasteiger charge is 2.38. The lowest BCUT2D eigenvalue weighted by Gasteiger charge is -2.38. The summed E-state index contributed by atoms with van der Waals surface area (Å²) < 4.78 is 0.717. The number of rotatable bonds is 5. The van der Waals surface area contributed by atoms with Gasteiger partial charge in [0.1, 0.15) is 12.1 Å². The second kappa shape index (κ2) is 6.19. The molecule has 1 saturated heterocycles. The normalized spacial score (nSPS) is 24.8. The maximum atomic E-state index is 12.2. The summed E-state index contributed by atoms with van der Waals surface area (Å²) in [4.78, 5) is 25.7. The third-order valence-electron chi connectivity index (χ3n) is 2.88. The van der Waals surface area contributed by atoms with E-state index in [4.69, 9.17) is 0 Å². The Bertz CT molecular complexity index is 330. The summed E-state index contributed by atoms with van der Waals surface area (Å²) in [5.74, 6) is -0.0572. The molecule has 0 aromatic carbocycles. The molecular weight excluding hydrogens is 284 g/mol. The Morgan fingerprint density at radius 2 is 2.12 bits per heavy atom. The van der Waals surface area contributed by atoms with Gasteiger partial charge in [-0.1, -0.05) is 42.8 Å². The highest BCUT2D eigenvalue weighted by atomic mass is 79.9. The maximum absolute atomic E-state index is 12.2. The van der Waals surface area contributed by atoms with E-state index in [2.05, 4.69) is 27.8 Å². The Labute approximate surface area is 111 Å². The van der Waals surface area contributed by atoms with Crippen molar-refractivity contribution in [2.75, 3.05) is 6.54 Å². The van der Waals surface area contributed by atoms with Crippen LogP contribution in [0.3, 0.4) is 0 Å². The molecule has 2 atom stereocenters. The molecular formula is C12H19BrN2O2. The van der Waals surface area contributed by atoms with Crippen molar-refractivity contribution < 1.29 is 9.59 Å². The summed E-state index contributed by atoms with van der Waals surface area (Å²) in [6, 6.07) is -0.743. The van der Waals surface area contributed by atoms with E-state index in [1.807, 2.05) is 13.8 Å². The molecule has 0 aromatic heterocycles. The number of hydrogen-bond acceptors (Lipinski definition) is 2. The first-order valence-corrected chi connectivity index (χ1v) is 6.74. The van der Waals surface area contributed by atoms with Gasteiger partial charge in [0.15, 0.2) is 0 Å². The molecule has 1 heterocycles. The van der Waals surface area contributed by atoms with E-state index in [-0.39, 0.29) is 23.9 Å². The third kappa shape index (κ3) is 3.31. The third-order valence-corrected chi connectivity index (χ3v) is 3.13. The van der Waals surface area contributed by atoms with Gasteiger partial charge < -0.3 is 10.2 Å². The first-order valence-electron chi connectivity index (χ1n) is 5.95. The van der Waals surface area contributed by atoms with E-state index in [1.165, 1.54) is 0 Å². The molecule has 0 aliphatic carbocycles. The van der Waals surface area contributed by atoms with E-state index < -0.39 is 0 Å². The van der Waals surface area contributed by atoms with Crippen molar-refractivity contribution in [2.24, 2.45) is 0 Å². The van der Waals surface area contributed by atoms with Crippen molar-refractivity contribution in [1.29, 1.82) is 0 Å². The molecule has 1 rings (SSSR count). The molecule has 17 heavy (non-hydrogen) atoms. The molecule has 0 bridgehead atoms. The number of carbonyl (C=O) groups excluding carboxylic acids is 2. The average molecular weight is 303 g/mol. The van der Waals surface area contributed by atoms with E-state index in [0.717, 1.165) is 6.42 Å². The standard InChI is InChI=1S/C12H19BrN2O2/c1-4-6-9-12(17)15(7-8(3)13)10(5-2)11(16)14-9/h9-10H,3-7H2,1-2H3,(H,14,16). The van der Waals surface area contributed by atoms with Gasteiger partial charge in [0, 0.05) is 4.48 Å². The molecule has 1 N–H and O–H groups in total. The second-order valence-electron chi connectivity index (χ2n) is 4.26. The van der Waals surface area contributed by atoms with Crippen LogP contribution in [-0.2, 0) is 9.59 Å². The molecule has 0 spiro atoms. The van der Waals surface area contributed by atoms with Gasteiger partial charge >= 0.3 is 0 Å². The Morgan fingerprint density at radius 3 is 2.59 bits per heavy atom. The molecule has 0 radical (unpaired) electrons. The van der Waals surface area contributed by atoms with Crippen molar-refractivity contribution in [3.8, 4) is 0 Å². The van der Waals surface area contributed by atoms with E-state index in [9.17, 15) is 9.59 Å². The molecule has 4 nitrogen and oxygen atoms in total. The van der Waals surface area contributed by atoms with Crippen LogP contribution in [0.25, 0.3) is 0 Å². The van der Waals surface area contributed by atoms with Crippen LogP contribution in [0.2, 0.25) is 0 Å². The van der Waals surface area contributed by atoms with Crippen molar-refractivity contribution in [1.82, 2.24) is 10.2 Å². The van der Waals surface area contributed by atoms with Crippen LogP contribution < -0.4 is 5.32 Å². The molecule has 2 unspecified atom stereocenters. The van der Waals surface area contributed by atoms with Crippen LogP contribution in [0.1, 0.15) is 33.1 Å². The highest BCUT2D eigenvalue weighted by molar-refractivity contribution is 9.11. The fourth-order valence-corrected chi connectivity index (χ4v) is 2.36. The molecule has 0 aromatic rings. The number of piperazine rings is 1. The SMILES string of the molecule is C=C(Br)CN1C(=O)C(CCC)NC(=O)C1CC. The lowest BCUT2D eigenvalue weighted by molar-refractivity contribution is -0.149. The van der Waals surface area contributed by atoms with E-state index >= 15 is 0 Å². The van der Waals surface area contributed by atoms with Crippen LogP contribution >= 0.6 is 15.9 Å². The number of halogens is 1. The fourth-order valence-electron chi connectivity index (χ4n) is 2.09. The van der Waals surface area contributed by atoms with Gasteiger partial charge in [-0.05, 0) is 12.8 Å². The minimum Gasteiger partial charge on any atom is -0.343 e. The average Bonchev–Trinajstić information content (AvgIpc) is 2.25. The topological polar surface area (TPSA) is 49.4 Å². The van der Waals surface area contributed by atoms with E-state index in [1.54, 1.807) is 4.90 Å². The van der Waals surface area contributed by atoms with Gasteiger partial charge in [0.2, 0.25) is 11.8 Å². The van der Waals surface area contributed by atoms with Crippen LogP contribution in [0.4, 0.5) is 0 Å². The smallest absolute Gasteiger partial charge is 0.246 e. The summed E-state index contributed by atoms with van der Waals surface area (Å²) >= 11 is 3.25. The van der Waals surface area contributed by atoms with Gasteiger partial charge in [-0.2, -0.15) is 0 Å². The van der Waals surface area contributed by atoms with Crippen LogP contribution in [-0.4, -0.2) is 35.3 Å². The minimum atomic E-state index is -0.373. The van der Waals surface area contributed by atoms with Gasteiger partial charge in [-0.25, -0.2) is 0 Å². The molecule has 0 saturated carbocycles. The zero-order chi connectivity index (χ0) is 13.0. The Balaban J connectivity index is 2.88. The largest absolute Gasteiger partial charge is 0.343 e. The number of nitrogens with one attached hydrogen (secondary N) is 1. The minimum absolute atomic E-state index is 0.00102. The number of hydrogen-bond donors (Lipinski definition) is 1. The Kier molecular flexibility index (Phi) is 5.18. The monoisotopic (exact) mass is 302 g/mol. The van der Waals surface area contributed by atoms with Gasteiger partial charge in [-0.3, -0.25) is 9.59 Å². The number of carbonyl (C=O) groups is 2. The summed E-state index contributed by atoms with van der Waals surface area (Å²) in [7, 11) is 0. The van der Waals surface area contributed by atoms with Crippen LogP contribution in [0.15, 0.2) is 11.1 Å². The van der Waals surface area contributed by atoms with Crippen molar-refractivity contribution in [2.45, 2.75) is 45.2 Å². The molecule has 1 aliphatic heterocycles. The zero-order valence-electron chi connectivity index (χ0n) is 10.3. The van der Waals surface area contributed by atoms with Crippen molar-refractivity contribution in [3.05, 3.63) is 11.1 Å². The molecule has 96 valence electrons. The van der Waals surface area contributed by atoms with Crippen LogP contribution in [0, 0.1) is 0 Å². The summed E-state index contributed by atoms with van der Waals surface area (Å²) in [6.07, 6.45) is 2.18. The Hall–Kier alpha value is -0.840. The van der Waals surface area contributed by atoms with Crippen molar-refractivity contribution >= 4 is 27.7 Å². The Morgan fingerprint density at radius 1 is 1.47 bits per heavy atom. The highest BCUT2D eigenvalue weighted by Crippen LogP contribution is 2.18. The summed E-state index contributed by atoms with van der Waals surface area (Å²) in [6.45, 7) is 8.04. The quantitative estimate of drug-likeness (QED) is 0.842. The molecule has 1 aliphatic rings. The number of nitrogens with zero attached hydrogens (tertiary/aromatic N) is 1.